The number of imide groups is 2. The number of barbiturate groups is 1. The molecule has 174 valence electrons. The minimum atomic E-state index is -0.903. The standard InChI is InChI=1S/C23H22Cl2N2O6/c1-4-31-14-7-8-19(32-5-2)18(12-14)27-22(29)15(21(28)26-23(27)30)9-13-10-16(24)20(33-6-3)17(25)11-13/h7-12H,4-6H2,1-3H3,(H,26,28,30)/b15-9+. The number of carbonyl (C=O) groups excluding carboxylic acids is 3. The van der Waals surface area contributed by atoms with Gasteiger partial charge in [0.25, 0.3) is 11.8 Å². The monoisotopic (exact) mass is 492 g/mol. The second-order valence-corrected chi connectivity index (χ2v) is 7.51. The summed E-state index contributed by atoms with van der Waals surface area (Å²) in [6.07, 6.45) is 1.30. The summed E-state index contributed by atoms with van der Waals surface area (Å²) >= 11 is 12.5. The second-order valence-electron chi connectivity index (χ2n) is 6.70. The molecule has 1 fully saturated rings. The fourth-order valence-corrected chi connectivity index (χ4v) is 3.81. The predicted molar refractivity (Wildman–Crippen MR) is 125 cm³/mol. The van der Waals surface area contributed by atoms with Crippen molar-refractivity contribution in [1.29, 1.82) is 0 Å². The van der Waals surface area contributed by atoms with Crippen molar-refractivity contribution in [3.05, 3.63) is 51.5 Å². The first-order chi connectivity index (χ1) is 15.8. The Hall–Kier alpha value is -3.23. The lowest BCUT2D eigenvalue weighted by atomic mass is 10.1. The summed E-state index contributed by atoms with van der Waals surface area (Å²) in [5.41, 5.74) is 0.246. The zero-order chi connectivity index (χ0) is 24.1. The molecule has 1 aliphatic heterocycles. The molecule has 0 bridgehead atoms. The summed E-state index contributed by atoms with van der Waals surface area (Å²) in [7, 11) is 0. The number of urea groups is 1. The van der Waals surface area contributed by atoms with Crippen LogP contribution in [0.15, 0.2) is 35.9 Å². The topological polar surface area (TPSA) is 94.2 Å². The fourth-order valence-electron chi connectivity index (χ4n) is 3.19. The van der Waals surface area contributed by atoms with Crippen LogP contribution in [0.1, 0.15) is 26.3 Å². The third-order valence-corrected chi connectivity index (χ3v) is 5.07. The average Bonchev–Trinajstić information content (AvgIpc) is 2.75. The summed E-state index contributed by atoms with van der Waals surface area (Å²) in [4.78, 5) is 39.3. The van der Waals surface area contributed by atoms with Gasteiger partial charge in [0.05, 0.1) is 35.6 Å². The van der Waals surface area contributed by atoms with E-state index in [4.69, 9.17) is 37.4 Å². The molecule has 0 aromatic heterocycles. The summed E-state index contributed by atoms with van der Waals surface area (Å²) in [6, 6.07) is 6.87. The quantitative estimate of drug-likeness (QED) is 0.417. The molecular weight excluding hydrogens is 471 g/mol. The van der Waals surface area contributed by atoms with Crippen molar-refractivity contribution >= 4 is 52.8 Å². The molecule has 1 heterocycles. The Morgan fingerprint density at radius 2 is 1.55 bits per heavy atom. The van der Waals surface area contributed by atoms with E-state index in [9.17, 15) is 14.4 Å². The lowest BCUT2D eigenvalue weighted by Gasteiger charge is -2.28. The van der Waals surface area contributed by atoms with Crippen LogP contribution in [0.2, 0.25) is 10.0 Å². The number of ether oxygens (including phenoxy) is 3. The highest BCUT2D eigenvalue weighted by atomic mass is 35.5. The number of hydrogen-bond acceptors (Lipinski definition) is 6. The van der Waals surface area contributed by atoms with Gasteiger partial charge in [0.15, 0.2) is 5.75 Å². The molecule has 10 heteroatoms. The van der Waals surface area contributed by atoms with Crippen molar-refractivity contribution in [2.24, 2.45) is 0 Å². The number of nitrogens with one attached hydrogen (secondary N) is 1. The second kappa shape index (κ2) is 10.6. The van der Waals surface area contributed by atoms with Crippen molar-refractivity contribution < 1.29 is 28.6 Å². The number of benzene rings is 2. The van der Waals surface area contributed by atoms with Gasteiger partial charge in [0.2, 0.25) is 0 Å². The first-order valence-electron chi connectivity index (χ1n) is 10.2. The maximum absolute atomic E-state index is 13.3. The van der Waals surface area contributed by atoms with Gasteiger partial charge in [0, 0.05) is 6.07 Å². The van der Waals surface area contributed by atoms with Gasteiger partial charge in [-0.05, 0) is 56.7 Å². The molecule has 4 amide bonds. The van der Waals surface area contributed by atoms with Crippen molar-refractivity contribution in [1.82, 2.24) is 5.32 Å². The Morgan fingerprint density at radius 3 is 2.15 bits per heavy atom. The Bertz CT molecular complexity index is 1110. The first kappa shape index (κ1) is 24.4. The van der Waals surface area contributed by atoms with Crippen molar-refractivity contribution in [3.8, 4) is 17.2 Å². The van der Waals surface area contributed by atoms with Crippen molar-refractivity contribution in [3.63, 3.8) is 0 Å². The molecule has 3 rings (SSSR count). The number of anilines is 1. The third kappa shape index (κ3) is 5.23. The van der Waals surface area contributed by atoms with Gasteiger partial charge in [-0.15, -0.1) is 0 Å². The largest absolute Gasteiger partial charge is 0.494 e. The van der Waals surface area contributed by atoms with Crippen molar-refractivity contribution in [2.75, 3.05) is 24.7 Å². The fraction of sp³-hybridized carbons (Fsp3) is 0.261. The van der Waals surface area contributed by atoms with Crippen LogP contribution in [-0.4, -0.2) is 37.7 Å². The SMILES string of the molecule is CCOc1ccc(OCC)c(N2C(=O)NC(=O)/C(=C\c3cc(Cl)c(OCC)c(Cl)c3)C2=O)c1. The molecule has 1 N–H and O–H groups in total. The number of carbonyl (C=O) groups is 3. The number of amides is 4. The molecule has 1 saturated heterocycles. The summed E-state index contributed by atoms with van der Waals surface area (Å²) in [6.45, 7) is 6.41. The van der Waals surface area contributed by atoms with E-state index in [1.54, 1.807) is 26.0 Å². The van der Waals surface area contributed by atoms with E-state index in [2.05, 4.69) is 5.32 Å². The average molecular weight is 493 g/mol. The van der Waals surface area contributed by atoms with E-state index in [1.807, 2.05) is 6.92 Å². The number of hydrogen-bond donors (Lipinski definition) is 1. The van der Waals surface area contributed by atoms with E-state index in [1.165, 1.54) is 24.3 Å². The number of nitrogens with zero attached hydrogens (tertiary/aromatic N) is 1. The molecule has 0 atom stereocenters. The molecule has 8 nitrogen and oxygen atoms in total. The molecular formula is C23H22Cl2N2O6. The Morgan fingerprint density at radius 1 is 0.909 bits per heavy atom. The van der Waals surface area contributed by atoms with Crippen molar-refractivity contribution in [2.45, 2.75) is 20.8 Å². The van der Waals surface area contributed by atoms with Gasteiger partial charge in [-0.25, -0.2) is 9.69 Å². The Balaban J connectivity index is 2.06. The van der Waals surface area contributed by atoms with E-state index in [0.717, 1.165) is 4.90 Å². The van der Waals surface area contributed by atoms with Crippen LogP contribution in [-0.2, 0) is 9.59 Å². The smallest absolute Gasteiger partial charge is 0.336 e. The van der Waals surface area contributed by atoms with Crippen LogP contribution < -0.4 is 24.4 Å². The van der Waals surface area contributed by atoms with E-state index in [-0.39, 0.29) is 27.1 Å². The zero-order valence-electron chi connectivity index (χ0n) is 18.2. The zero-order valence-corrected chi connectivity index (χ0v) is 19.7. The predicted octanol–water partition coefficient (Wildman–Crippen LogP) is 4.86. The lowest BCUT2D eigenvalue weighted by molar-refractivity contribution is -0.122. The van der Waals surface area contributed by atoms with E-state index < -0.39 is 17.8 Å². The first-order valence-corrected chi connectivity index (χ1v) is 11.0. The van der Waals surface area contributed by atoms with Crippen LogP contribution in [0.25, 0.3) is 6.08 Å². The highest BCUT2D eigenvalue weighted by Crippen LogP contribution is 2.37. The third-order valence-electron chi connectivity index (χ3n) is 4.50. The molecule has 33 heavy (non-hydrogen) atoms. The molecule has 0 radical (unpaired) electrons. The highest BCUT2D eigenvalue weighted by Gasteiger charge is 2.38. The summed E-state index contributed by atoms with van der Waals surface area (Å²) in [5.74, 6) is -0.663. The molecule has 0 saturated carbocycles. The van der Waals surface area contributed by atoms with Crippen LogP contribution >= 0.6 is 23.2 Å². The van der Waals surface area contributed by atoms with Gasteiger partial charge in [-0.3, -0.25) is 14.9 Å². The van der Waals surface area contributed by atoms with E-state index >= 15 is 0 Å². The highest BCUT2D eigenvalue weighted by molar-refractivity contribution is 6.40. The van der Waals surface area contributed by atoms with Gasteiger partial charge in [-0.2, -0.15) is 0 Å². The van der Waals surface area contributed by atoms with Gasteiger partial charge in [0.1, 0.15) is 17.1 Å². The molecule has 0 unspecified atom stereocenters. The summed E-state index contributed by atoms with van der Waals surface area (Å²) < 4.78 is 16.5. The van der Waals surface area contributed by atoms with Gasteiger partial charge in [-0.1, -0.05) is 23.2 Å². The van der Waals surface area contributed by atoms with Gasteiger partial charge < -0.3 is 14.2 Å². The molecule has 2 aromatic carbocycles. The number of rotatable bonds is 8. The van der Waals surface area contributed by atoms with Crippen LogP contribution in [0, 0.1) is 0 Å². The molecule has 0 spiro atoms. The maximum atomic E-state index is 13.3. The minimum absolute atomic E-state index is 0.145. The van der Waals surface area contributed by atoms with Crippen LogP contribution in [0.4, 0.5) is 10.5 Å². The summed E-state index contributed by atoms with van der Waals surface area (Å²) in [5, 5.41) is 2.62. The Kier molecular flexibility index (Phi) is 7.84. The maximum Gasteiger partial charge on any atom is 0.336 e. The normalized spacial score (nSPS) is 15.0. The van der Waals surface area contributed by atoms with E-state index in [0.29, 0.717) is 36.9 Å². The molecule has 2 aromatic rings. The molecule has 0 aliphatic carbocycles. The Labute approximate surface area is 201 Å². The van der Waals surface area contributed by atoms with Gasteiger partial charge >= 0.3 is 6.03 Å². The van der Waals surface area contributed by atoms with Crippen LogP contribution in [0.5, 0.6) is 17.2 Å². The number of halogens is 2. The molecule has 1 aliphatic rings. The minimum Gasteiger partial charge on any atom is -0.494 e. The lowest BCUT2D eigenvalue weighted by Crippen LogP contribution is -2.54. The van der Waals surface area contributed by atoms with Crippen LogP contribution in [0.3, 0.4) is 0 Å².